The number of aromatic nitrogens is 1. The summed E-state index contributed by atoms with van der Waals surface area (Å²) in [7, 11) is 1.76. The molecule has 27 heavy (non-hydrogen) atoms. The van der Waals surface area contributed by atoms with Gasteiger partial charge in [-0.15, -0.1) is 0 Å². The number of nitrogens with zero attached hydrogens (tertiary/aromatic N) is 2. The van der Waals surface area contributed by atoms with Gasteiger partial charge in [0.2, 0.25) is 0 Å². The Bertz CT molecular complexity index is 832. The van der Waals surface area contributed by atoms with Crippen molar-refractivity contribution in [3.05, 3.63) is 48.2 Å². The Morgan fingerprint density at radius 3 is 2.41 bits per heavy atom. The third-order valence-corrected chi connectivity index (χ3v) is 6.07. The number of anilines is 1. The van der Waals surface area contributed by atoms with Crippen LogP contribution in [0, 0.1) is 5.41 Å². The standard InChI is InChI=1S/C22H25N3O2/c1-16(23-2)25-19-7-8-20(24-13-19)17-3-5-18(6-4-17)22-11-9-21(14-26,10-12-22)15-27-22/h3-8,13-14H,9-12,15H2,1-2H3,(H,23,25). The van der Waals surface area contributed by atoms with Crippen LogP contribution >= 0.6 is 0 Å². The summed E-state index contributed by atoms with van der Waals surface area (Å²) in [5.41, 5.74) is 3.69. The van der Waals surface area contributed by atoms with Crippen molar-refractivity contribution < 1.29 is 9.53 Å². The molecule has 5 heteroatoms. The number of hydrogen-bond donors (Lipinski definition) is 1. The number of aldehydes is 1. The molecule has 1 aromatic carbocycles. The van der Waals surface area contributed by atoms with Gasteiger partial charge in [-0.25, -0.2) is 0 Å². The highest BCUT2D eigenvalue weighted by atomic mass is 16.5. The summed E-state index contributed by atoms with van der Waals surface area (Å²) < 4.78 is 6.19. The summed E-state index contributed by atoms with van der Waals surface area (Å²) >= 11 is 0. The zero-order chi connectivity index (χ0) is 18.9. The van der Waals surface area contributed by atoms with E-state index >= 15 is 0 Å². The van der Waals surface area contributed by atoms with Gasteiger partial charge in [0.25, 0.3) is 0 Å². The lowest BCUT2D eigenvalue weighted by molar-refractivity contribution is -0.186. The van der Waals surface area contributed by atoms with E-state index in [9.17, 15) is 4.79 Å². The summed E-state index contributed by atoms with van der Waals surface area (Å²) in [6.45, 7) is 2.47. The minimum atomic E-state index is -0.234. The van der Waals surface area contributed by atoms with E-state index in [1.54, 1.807) is 7.05 Å². The third kappa shape index (κ3) is 3.28. The maximum absolute atomic E-state index is 11.4. The highest BCUT2D eigenvalue weighted by Gasteiger charge is 2.50. The molecule has 5 rings (SSSR count). The number of ether oxygens (including phenoxy) is 1. The lowest BCUT2D eigenvalue weighted by atomic mass is 9.65. The van der Waals surface area contributed by atoms with E-state index < -0.39 is 0 Å². The number of nitrogens with one attached hydrogen (secondary N) is 1. The average Bonchev–Trinajstić information content (AvgIpc) is 2.75. The van der Waals surface area contributed by atoms with Crippen molar-refractivity contribution in [2.24, 2.45) is 10.4 Å². The molecule has 1 aromatic heterocycles. The Kier molecular flexibility index (Phi) is 4.56. The molecule has 3 fully saturated rings. The summed E-state index contributed by atoms with van der Waals surface area (Å²) in [4.78, 5) is 20.0. The molecule has 2 aliphatic heterocycles. The van der Waals surface area contributed by atoms with Gasteiger partial charge in [0.05, 0.1) is 35.6 Å². The van der Waals surface area contributed by atoms with E-state index in [-0.39, 0.29) is 11.0 Å². The van der Waals surface area contributed by atoms with Crippen molar-refractivity contribution in [2.75, 3.05) is 19.0 Å². The third-order valence-electron chi connectivity index (χ3n) is 6.07. The summed E-state index contributed by atoms with van der Waals surface area (Å²) in [6.07, 6.45) is 6.62. The predicted octanol–water partition coefficient (Wildman–Crippen LogP) is 4.19. The fourth-order valence-corrected chi connectivity index (χ4v) is 4.09. The molecule has 0 amide bonds. The summed E-state index contributed by atoms with van der Waals surface area (Å²) in [5.74, 6) is 0.853. The van der Waals surface area contributed by atoms with Crippen molar-refractivity contribution in [1.29, 1.82) is 0 Å². The maximum atomic E-state index is 11.4. The van der Waals surface area contributed by atoms with E-state index in [2.05, 4.69) is 39.6 Å². The number of rotatable bonds is 4. The van der Waals surface area contributed by atoms with Gasteiger partial charge in [0, 0.05) is 18.0 Å². The van der Waals surface area contributed by atoms with Crippen LogP contribution in [0.4, 0.5) is 5.69 Å². The molecule has 2 bridgehead atoms. The van der Waals surface area contributed by atoms with E-state index in [1.165, 1.54) is 5.56 Å². The molecule has 1 saturated carbocycles. The zero-order valence-corrected chi connectivity index (χ0v) is 15.9. The van der Waals surface area contributed by atoms with Gasteiger partial charge in [-0.2, -0.15) is 0 Å². The molecule has 1 N–H and O–H groups in total. The molecule has 3 heterocycles. The largest absolute Gasteiger partial charge is 0.369 e. The van der Waals surface area contributed by atoms with Gasteiger partial charge in [-0.3, -0.25) is 9.98 Å². The Balaban J connectivity index is 1.51. The molecule has 3 aliphatic rings. The fraction of sp³-hybridized carbons (Fsp3) is 0.409. The van der Waals surface area contributed by atoms with Crippen LogP contribution in [0.15, 0.2) is 47.6 Å². The van der Waals surface area contributed by atoms with Gasteiger partial charge in [0.1, 0.15) is 6.29 Å². The average molecular weight is 363 g/mol. The van der Waals surface area contributed by atoms with Crippen molar-refractivity contribution >= 4 is 17.8 Å². The maximum Gasteiger partial charge on any atom is 0.128 e. The van der Waals surface area contributed by atoms with Crippen molar-refractivity contribution in [3.63, 3.8) is 0 Å². The normalized spacial score (nSPS) is 27.4. The van der Waals surface area contributed by atoms with Gasteiger partial charge in [-0.05, 0) is 50.3 Å². The summed E-state index contributed by atoms with van der Waals surface area (Å²) in [6, 6.07) is 12.5. The molecular weight excluding hydrogens is 338 g/mol. The minimum Gasteiger partial charge on any atom is -0.369 e. The second-order valence-corrected chi connectivity index (χ2v) is 7.71. The molecule has 1 aliphatic carbocycles. The Labute approximate surface area is 159 Å². The van der Waals surface area contributed by atoms with Crippen LogP contribution in [0.5, 0.6) is 0 Å². The zero-order valence-electron chi connectivity index (χ0n) is 15.9. The molecule has 2 saturated heterocycles. The highest BCUT2D eigenvalue weighted by Crippen LogP contribution is 2.52. The van der Waals surface area contributed by atoms with Gasteiger partial charge in [-0.1, -0.05) is 24.3 Å². The number of pyridine rings is 1. The Morgan fingerprint density at radius 1 is 1.15 bits per heavy atom. The number of benzene rings is 1. The quantitative estimate of drug-likeness (QED) is 0.502. The first-order valence-corrected chi connectivity index (χ1v) is 9.46. The molecule has 5 nitrogen and oxygen atoms in total. The predicted molar refractivity (Wildman–Crippen MR) is 107 cm³/mol. The monoisotopic (exact) mass is 363 g/mol. The number of fused-ring (bicyclic) bond motifs is 3. The van der Waals surface area contributed by atoms with Crippen molar-refractivity contribution in [1.82, 2.24) is 4.98 Å². The first-order valence-electron chi connectivity index (χ1n) is 9.46. The van der Waals surface area contributed by atoms with Crippen LogP contribution in [-0.2, 0) is 15.1 Å². The summed E-state index contributed by atoms with van der Waals surface area (Å²) in [5, 5.41) is 3.19. The molecule has 0 radical (unpaired) electrons. The van der Waals surface area contributed by atoms with Crippen LogP contribution in [0.3, 0.4) is 0 Å². The highest BCUT2D eigenvalue weighted by molar-refractivity contribution is 5.93. The lowest BCUT2D eigenvalue weighted by Gasteiger charge is -2.51. The second-order valence-electron chi connectivity index (χ2n) is 7.71. The number of carbonyl (C=O) groups excluding carboxylic acids is 1. The van der Waals surface area contributed by atoms with E-state index in [4.69, 9.17) is 4.74 Å². The number of amidine groups is 1. The topological polar surface area (TPSA) is 63.6 Å². The SMILES string of the molecule is CN=C(C)Nc1ccc(-c2ccc(C34CCC(C=O)(CC3)CO4)cc2)nc1. The number of hydrogen-bond acceptors (Lipinski definition) is 4. The molecule has 0 atom stereocenters. The molecule has 2 aromatic rings. The first kappa shape index (κ1) is 17.9. The van der Waals surface area contributed by atoms with Crippen LogP contribution in [-0.4, -0.2) is 30.8 Å². The van der Waals surface area contributed by atoms with Gasteiger partial charge in [0.15, 0.2) is 0 Å². The van der Waals surface area contributed by atoms with Crippen molar-refractivity contribution in [3.8, 4) is 11.3 Å². The van der Waals surface area contributed by atoms with Crippen molar-refractivity contribution in [2.45, 2.75) is 38.2 Å². The van der Waals surface area contributed by atoms with Crippen LogP contribution in [0.25, 0.3) is 11.3 Å². The van der Waals surface area contributed by atoms with E-state index in [1.807, 2.05) is 25.3 Å². The lowest BCUT2D eigenvalue weighted by Crippen LogP contribution is -2.49. The first-order chi connectivity index (χ1) is 13.1. The van der Waals surface area contributed by atoms with Crippen LogP contribution < -0.4 is 5.32 Å². The van der Waals surface area contributed by atoms with Crippen LogP contribution in [0.1, 0.15) is 38.2 Å². The molecule has 0 unspecified atom stereocenters. The Hall–Kier alpha value is -2.53. The molecule has 140 valence electrons. The van der Waals surface area contributed by atoms with Crippen LogP contribution in [0.2, 0.25) is 0 Å². The second kappa shape index (κ2) is 6.89. The van der Waals surface area contributed by atoms with E-state index in [0.717, 1.165) is 54.7 Å². The molecule has 0 spiro atoms. The van der Waals surface area contributed by atoms with Gasteiger partial charge >= 0.3 is 0 Å². The number of aliphatic imine (C=N–C) groups is 1. The molecular formula is C22H25N3O2. The smallest absolute Gasteiger partial charge is 0.128 e. The fourth-order valence-electron chi connectivity index (χ4n) is 4.09. The Morgan fingerprint density at radius 2 is 1.89 bits per heavy atom. The number of carbonyl (C=O) groups is 1. The minimum absolute atomic E-state index is 0.221. The van der Waals surface area contributed by atoms with Gasteiger partial charge < -0.3 is 14.8 Å². The van der Waals surface area contributed by atoms with E-state index in [0.29, 0.717) is 6.61 Å².